The minimum absolute atomic E-state index is 0.145. The lowest BCUT2D eigenvalue weighted by molar-refractivity contribution is -0.162. The Bertz CT molecular complexity index is 526. The molecule has 0 aromatic heterocycles. The van der Waals surface area contributed by atoms with Crippen molar-refractivity contribution in [3.8, 4) is 0 Å². The monoisotopic (exact) mass is 430 g/mol. The summed E-state index contributed by atoms with van der Waals surface area (Å²) in [5.41, 5.74) is -1.63. The Morgan fingerprint density at radius 2 is 1.27 bits per heavy atom. The van der Waals surface area contributed by atoms with Crippen molar-refractivity contribution in [2.24, 2.45) is 10.8 Å². The Morgan fingerprint density at radius 3 is 1.73 bits per heavy atom. The standard InChI is InChI=1S/C23H42O7/c1-22(2,20(27)29-5)15-13-11-9-7-6-8-10-12-14-16-30-21(28)23(3,4)18(24)17-19(25)26/h18,24H,6-17H2,1-5H3,(H,25,26). The molecule has 30 heavy (non-hydrogen) atoms. The minimum atomic E-state index is -1.27. The summed E-state index contributed by atoms with van der Waals surface area (Å²) in [6.45, 7) is 7.14. The van der Waals surface area contributed by atoms with Gasteiger partial charge in [-0.25, -0.2) is 0 Å². The van der Waals surface area contributed by atoms with Crippen LogP contribution in [0, 0.1) is 10.8 Å². The van der Waals surface area contributed by atoms with Gasteiger partial charge in [-0.2, -0.15) is 0 Å². The number of ether oxygens (including phenoxy) is 2. The number of aliphatic hydroxyl groups excluding tert-OH is 1. The summed E-state index contributed by atoms with van der Waals surface area (Å²) in [5.74, 6) is -1.85. The molecule has 0 bridgehead atoms. The highest BCUT2D eigenvalue weighted by atomic mass is 16.5. The van der Waals surface area contributed by atoms with Crippen molar-refractivity contribution in [1.29, 1.82) is 0 Å². The van der Waals surface area contributed by atoms with E-state index in [9.17, 15) is 19.5 Å². The molecule has 7 heteroatoms. The number of carboxylic acid groups (broad SMARTS) is 1. The first kappa shape index (κ1) is 28.4. The van der Waals surface area contributed by atoms with Gasteiger partial charge in [0.15, 0.2) is 0 Å². The van der Waals surface area contributed by atoms with E-state index in [0.717, 1.165) is 44.9 Å². The molecule has 7 nitrogen and oxygen atoms in total. The van der Waals surface area contributed by atoms with Crippen LogP contribution < -0.4 is 0 Å². The van der Waals surface area contributed by atoms with Crippen molar-refractivity contribution in [2.75, 3.05) is 13.7 Å². The third-order valence-electron chi connectivity index (χ3n) is 5.64. The fourth-order valence-electron chi connectivity index (χ4n) is 3.19. The van der Waals surface area contributed by atoms with Crippen molar-refractivity contribution in [1.82, 2.24) is 0 Å². The van der Waals surface area contributed by atoms with Crippen LogP contribution in [0.25, 0.3) is 0 Å². The highest BCUT2D eigenvalue weighted by Gasteiger charge is 2.38. The van der Waals surface area contributed by atoms with Gasteiger partial charge in [0, 0.05) is 0 Å². The Morgan fingerprint density at radius 1 is 0.800 bits per heavy atom. The summed E-state index contributed by atoms with van der Waals surface area (Å²) in [6.07, 6.45) is 8.74. The largest absolute Gasteiger partial charge is 0.481 e. The second-order valence-electron chi connectivity index (χ2n) is 9.28. The first-order chi connectivity index (χ1) is 13.9. The third kappa shape index (κ3) is 11.5. The van der Waals surface area contributed by atoms with Crippen LogP contribution in [0.5, 0.6) is 0 Å². The molecule has 0 saturated carbocycles. The molecular weight excluding hydrogens is 388 g/mol. The minimum Gasteiger partial charge on any atom is -0.481 e. The molecule has 0 aliphatic rings. The number of esters is 2. The summed E-state index contributed by atoms with van der Waals surface area (Å²) in [5, 5.41) is 18.6. The van der Waals surface area contributed by atoms with Gasteiger partial charge < -0.3 is 19.7 Å². The molecule has 176 valence electrons. The van der Waals surface area contributed by atoms with E-state index in [0.29, 0.717) is 0 Å². The molecule has 0 fully saturated rings. The molecule has 0 aliphatic carbocycles. The van der Waals surface area contributed by atoms with Crippen molar-refractivity contribution in [3.63, 3.8) is 0 Å². The van der Waals surface area contributed by atoms with Crippen LogP contribution in [0.2, 0.25) is 0 Å². The fourth-order valence-corrected chi connectivity index (χ4v) is 3.19. The van der Waals surface area contributed by atoms with E-state index in [1.807, 2.05) is 13.8 Å². The lowest BCUT2D eigenvalue weighted by Crippen LogP contribution is -2.40. The fraction of sp³-hybridized carbons (Fsp3) is 0.870. The van der Waals surface area contributed by atoms with E-state index >= 15 is 0 Å². The van der Waals surface area contributed by atoms with Crippen LogP contribution in [-0.2, 0) is 23.9 Å². The summed E-state index contributed by atoms with van der Waals surface area (Å²) in [7, 11) is 1.43. The zero-order chi connectivity index (χ0) is 23.2. The Kier molecular flexibility index (Phi) is 13.6. The van der Waals surface area contributed by atoms with Gasteiger partial charge in [0.2, 0.25) is 0 Å². The maximum atomic E-state index is 12.1. The lowest BCUT2D eigenvalue weighted by Gasteiger charge is -2.27. The number of hydrogen-bond donors (Lipinski definition) is 2. The number of carbonyl (C=O) groups is 3. The molecule has 2 N–H and O–H groups in total. The molecule has 0 spiro atoms. The lowest BCUT2D eigenvalue weighted by atomic mass is 9.85. The maximum Gasteiger partial charge on any atom is 0.314 e. The Labute approximate surface area is 181 Å². The second kappa shape index (κ2) is 14.4. The number of hydrogen-bond acceptors (Lipinski definition) is 6. The number of unbranched alkanes of at least 4 members (excludes halogenated alkanes) is 8. The van der Waals surface area contributed by atoms with E-state index < -0.39 is 35.3 Å². The van der Waals surface area contributed by atoms with Crippen LogP contribution in [0.3, 0.4) is 0 Å². The quantitative estimate of drug-likeness (QED) is 0.258. The zero-order valence-electron chi connectivity index (χ0n) is 19.5. The number of aliphatic carboxylic acids is 1. The normalized spacial score (nSPS) is 13.0. The number of aliphatic hydroxyl groups is 1. The number of carbonyl (C=O) groups excluding carboxylic acids is 2. The molecule has 0 amide bonds. The van der Waals surface area contributed by atoms with Crippen molar-refractivity contribution in [2.45, 2.75) is 104 Å². The van der Waals surface area contributed by atoms with Crippen LogP contribution in [0.4, 0.5) is 0 Å². The SMILES string of the molecule is COC(=O)C(C)(C)CCCCCCCCCCCOC(=O)C(C)(C)C(O)CC(=O)O. The molecule has 0 aromatic rings. The topological polar surface area (TPSA) is 110 Å². The molecule has 1 atom stereocenters. The van der Waals surface area contributed by atoms with Gasteiger partial charge in [0.05, 0.1) is 37.1 Å². The van der Waals surface area contributed by atoms with Gasteiger partial charge in [0.25, 0.3) is 0 Å². The van der Waals surface area contributed by atoms with Crippen molar-refractivity contribution in [3.05, 3.63) is 0 Å². The first-order valence-electron chi connectivity index (χ1n) is 11.1. The molecule has 0 aromatic carbocycles. The molecule has 0 heterocycles. The molecular formula is C23H42O7. The van der Waals surface area contributed by atoms with Gasteiger partial charge in [-0.1, -0.05) is 51.4 Å². The van der Waals surface area contributed by atoms with E-state index in [-0.39, 0.29) is 12.6 Å². The van der Waals surface area contributed by atoms with Gasteiger partial charge in [-0.05, 0) is 40.5 Å². The Balaban J connectivity index is 3.68. The van der Waals surface area contributed by atoms with E-state index in [1.165, 1.54) is 40.2 Å². The van der Waals surface area contributed by atoms with Gasteiger partial charge in [-0.3, -0.25) is 14.4 Å². The van der Waals surface area contributed by atoms with Crippen LogP contribution in [0.15, 0.2) is 0 Å². The van der Waals surface area contributed by atoms with Crippen molar-refractivity contribution < 1.29 is 34.1 Å². The number of rotatable bonds is 17. The van der Waals surface area contributed by atoms with Gasteiger partial charge >= 0.3 is 17.9 Å². The maximum absolute atomic E-state index is 12.1. The van der Waals surface area contributed by atoms with Crippen LogP contribution >= 0.6 is 0 Å². The van der Waals surface area contributed by atoms with E-state index in [1.54, 1.807) is 0 Å². The summed E-state index contributed by atoms with van der Waals surface area (Å²) >= 11 is 0. The summed E-state index contributed by atoms with van der Waals surface area (Å²) in [4.78, 5) is 34.4. The first-order valence-corrected chi connectivity index (χ1v) is 11.1. The molecule has 0 saturated heterocycles. The highest BCUT2D eigenvalue weighted by molar-refractivity contribution is 5.78. The zero-order valence-corrected chi connectivity index (χ0v) is 19.5. The number of methoxy groups -OCH3 is 1. The van der Waals surface area contributed by atoms with Gasteiger partial charge in [-0.15, -0.1) is 0 Å². The average Bonchev–Trinajstić information content (AvgIpc) is 2.67. The molecule has 1 unspecified atom stereocenters. The van der Waals surface area contributed by atoms with E-state index in [2.05, 4.69) is 0 Å². The Hall–Kier alpha value is -1.63. The smallest absolute Gasteiger partial charge is 0.314 e. The predicted octanol–water partition coefficient (Wildman–Crippen LogP) is 4.49. The summed E-state index contributed by atoms with van der Waals surface area (Å²) < 4.78 is 10.0. The van der Waals surface area contributed by atoms with Crippen molar-refractivity contribution >= 4 is 17.9 Å². The molecule has 0 aliphatic heterocycles. The third-order valence-corrected chi connectivity index (χ3v) is 5.64. The molecule has 0 rings (SSSR count). The second-order valence-corrected chi connectivity index (χ2v) is 9.28. The van der Waals surface area contributed by atoms with Crippen LogP contribution in [0.1, 0.15) is 98.3 Å². The predicted molar refractivity (Wildman–Crippen MR) is 115 cm³/mol. The van der Waals surface area contributed by atoms with E-state index in [4.69, 9.17) is 14.6 Å². The highest BCUT2D eigenvalue weighted by Crippen LogP contribution is 2.26. The number of carboxylic acids is 1. The molecule has 0 radical (unpaired) electrons. The summed E-state index contributed by atoms with van der Waals surface area (Å²) in [6, 6.07) is 0. The van der Waals surface area contributed by atoms with Crippen LogP contribution in [-0.4, -0.2) is 47.9 Å². The average molecular weight is 431 g/mol. The van der Waals surface area contributed by atoms with Gasteiger partial charge in [0.1, 0.15) is 0 Å².